The first-order chi connectivity index (χ1) is 18.9. The number of rotatable bonds is 3. The van der Waals surface area contributed by atoms with Crippen molar-refractivity contribution in [3.63, 3.8) is 0 Å². The number of hydrogen-bond donors (Lipinski definition) is 4. The summed E-state index contributed by atoms with van der Waals surface area (Å²) in [6.45, 7) is 3.91. The summed E-state index contributed by atoms with van der Waals surface area (Å²) in [5, 5.41) is 3.02. The van der Waals surface area contributed by atoms with Gasteiger partial charge in [-0.3, -0.25) is 18.7 Å². The van der Waals surface area contributed by atoms with Crippen LogP contribution in [0.1, 0.15) is 117 Å². The Labute approximate surface area is 255 Å². The lowest BCUT2D eigenvalue weighted by atomic mass is 9.74. The molecule has 246 valence electrons. The van der Waals surface area contributed by atoms with Crippen molar-refractivity contribution < 1.29 is 45.1 Å². The Hall–Kier alpha value is -1.87. The first kappa shape index (κ1) is 42.3. The molecular weight excluding hydrogens is 614 g/mol. The van der Waals surface area contributed by atoms with E-state index in [1.54, 1.807) is 0 Å². The standard InChI is InChI=1S/C9H17NO2.C8H13NO.C7H12.CClNO3S.CH4.H2O4S/c1-12-8(11)7-9(10)5-3-2-4-6-9;10-7-6-8(9-7)4-2-1-3-5-8;1-7-5-3-2-4-6-7;2-7(5,6)3-1-4;;1-5(2,3)4/h2-7,10H2,1H3;1-6H2,(H,9,10);1-6H2;;1H4;(H2,1,2,3,4). The molecule has 0 bridgehead atoms. The molecule has 4 rings (SSSR count). The van der Waals surface area contributed by atoms with E-state index in [2.05, 4.69) is 31.7 Å². The van der Waals surface area contributed by atoms with Gasteiger partial charge in [-0.15, -0.1) is 0 Å². The Kier molecular flexibility index (Phi) is 21.1. The Morgan fingerprint density at radius 3 is 1.69 bits per heavy atom. The van der Waals surface area contributed by atoms with Gasteiger partial charge in [0, 0.05) is 28.2 Å². The van der Waals surface area contributed by atoms with E-state index in [0.29, 0.717) is 6.42 Å². The van der Waals surface area contributed by atoms with E-state index in [1.807, 2.05) is 0 Å². The minimum atomic E-state index is -4.67. The highest BCUT2D eigenvalue weighted by atomic mass is 35.7. The van der Waals surface area contributed by atoms with Crippen LogP contribution in [0.3, 0.4) is 0 Å². The van der Waals surface area contributed by atoms with Gasteiger partial charge in [0.15, 0.2) is 0 Å². The van der Waals surface area contributed by atoms with Gasteiger partial charge >= 0.3 is 25.6 Å². The normalized spacial score (nSPS) is 20.0. The molecule has 0 aromatic heterocycles. The SMILES string of the molecule is C.C=C1CCCCC1.COC(=O)CC1(N)CCCCC1.O=C1CC2(CCCCC2)N1.O=C=NS(=O)(=O)Cl.O=S(=O)(O)O. The highest BCUT2D eigenvalue weighted by Crippen LogP contribution is 2.35. The molecule has 13 nitrogen and oxygen atoms in total. The second-order valence-electron chi connectivity index (χ2n) is 10.6. The second kappa shape index (κ2) is 20.9. The number of hydrogen-bond acceptors (Lipinski definition) is 9. The summed E-state index contributed by atoms with van der Waals surface area (Å²) in [5.74, 6) is 0.0706. The van der Waals surface area contributed by atoms with Gasteiger partial charge in [-0.2, -0.15) is 16.8 Å². The molecule has 1 aliphatic heterocycles. The first-order valence-corrected chi connectivity index (χ1v) is 17.2. The van der Waals surface area contributed by atoms with Gasteiger partial charge in [0.05, 0.1) is 13.5 Å². The molecule has 1 heterocycles. The monoisotopic (exact) mass is 661 g/mol. The van der Waals surface area contributed by atoms with E-state index in [1.165, 1.54) is 83.3 Å². The molecule has 0 aromatic rings. The van der Waals surface area contributed by atoms with Crippen LogP contribution in [0.2, 0.25) is 0 Å². The summed E-state index contributed by atoms with van der Waals surface area (Å²) in [5.41, 5.74) is 7.50. The maximum atomic E-state index is 11.0. The summed E-state index contributed by atoms with van der Waals surface area (Å²) in [6, 6.07) is 0. The van der Waals surface area contributed by atoms with Crippen molar-refractivity contribution in [2.24, 2.45) is 10.1 Å². The van der Waals surface area contributed by atoms with E-state index in [9.17, 15) is 18.0 Å². The van der Waals surface area contributed by atoms with Gasteiger partial charge in [0.2, 0.25) is 5.91 Å². The van der Waals surface area contributed by atoms with Crippen LogP contribution in [-0.4, -0.2) is 62.1 Å². The summed E-state index contributed by atoms with van der Waals surface area (Å²) < 4.78 is 57.5. The van der Waals surface area contributed by atoms with Crippen LogP contribution in [-0.2, 0) is 38.8 Å². The Balaban J connectivity index is 0. The van der Waals surface area contributed by atoms with Crippen molar-refractivity contribution in [3.8, 4) is 0 Å². The number of β-lactam (4-membered cyclic amide) rings is 1. The number of nitrogens with one attached hydrogen (secondary N) is 1. The molecule has 4 aliphatic rings. The fourth-order valence-electron chi connectivity index (χ4n) is 5.00. The number of nitrogens with two attached hydrogens (primary N) is 1. The highest BCUT2D eigenvalue weighted by Gasteiger charge is 2.42. The maximum Gasteiger partial charge on any atom is 0.394 e. The van der Waals surface area contributed by atoms with Crippen molar-refractivity contribution >= 4 is 48.3 Å². The van der Waals surface area contributed by atoms with Gasteiger partial charge < -0.3 is 15.8 Å². The molecule has 1 amide bonds. The lowest BCUT2D eigenvalue weighted by Crippen LogP contribution is -2.61. The van der Waals surface area contributed by atoms with E-state index in [-0.39, 0.29) is 30.4 Å². The summed E-state index contributed by atoms with van der Waals surface area (Å²) >= 11 is 0. The number of isocyanates is 1. The summed E-state index contributed by atoms with van der Waals surface area (Å²) in [4.78, 5) is 30.7. The average Bonchev–Trinajstić information content (AvgIpc) is 2.84. The number of methoxy groups -OCH3 is 1. The lowest BCUT2D eigenvalue weighted by Gasteiger charge is -2.45. The van der Waals surface area contributed by atoms with Crippen LogP contribution in [0.25, 0.3) is 0 Å². The number of carbonyl (C=O) groups is 2. The Bertz CT molecular complexity index is 1070. The van der Waals surface area contributed by atoms with Gasteiger partial charge in [-0.25, -0.2) is 4.79 Å². The van der Waals surface area contributed by atoms with Crippen molar-refractivity contribution in [1.29, 1.82) is 0 Å². The number of allylic oxidation sites excluding steroid dienone is 1. The first-order valence-electron chi connectivity index (χ1n) is 13.5. The van der Waals surface area contributed by atoms with E-state index in [0.717, 1.165) is 38.2 Å². The largest absolute Gasteiger partial charge is 0.469 e. The van der Waals surface area contributed by atoms with Crippen molar-refractivity contribution in [3.05, 3.63) is 12.2 Å². The van der Waals surface area contributed by atoms with Gasteiger partial charge in [-0.05, 0) is 51.4 Å². The molecule has 1 saturated heterocycles. The molecule has 0 atom stereocenters. The number of ether oxygens (including phenoxy) is 1. The third-order valence-corrected chi connectivity index (χ3v) is 7.49. The summed E-state index contributed by atoms with van der Waals surface area (Å²) in [7, 11) is -2.88. The van der Waals surface area contributed by atoms with Crippen LogP contribution in [0.4, 0.5) is 0 Å². The van der Waals surface area contributed by atoms with Crippen molar-refractivity contribution in [1.82, 2.24) is 5.32 Å². The van der Waals surface area contributed by atoms with Crippen molar-refractivity contribution in [2.45, 2.75) is 128 Å². The number of esters is 1. The molecule has 16 heteroatoms. The van der Waals surface area contributed by atoms with E-state index >= 15 is 0 Å². The van der Waals surface area contributed by atoms with Gasteiger partial charge in [-0.1, -0.05) is 68.9 Å². The minimum absolute atomic E-state index is 0. The highest BCUT2D eigenvalue weighted by molar-refractivity contribution is 8.12. The number of amides is 1. The molecule has 3 saturated carbocycles. The van der Waals surface area contributed by atoms with E-state index < -0.39 is 19.6 Å². The van der Waals surface area contributed by atoms with Crippen LogP contribution in [0, 0.1) is 0 Å². The third kappa shape index (κ3) is 23.7. The minimum Gasteiger partial charge on any atom is -0.469 e. The molecule has 1 spiro atoms. The van der Waals surface area contributed by atoms with Gasteiger partial charge in [0.1, 0.15) is 0 Å². The number of halogens is 1. The quantitative estimate of drug-likeness (QED) is 0.0616. The zero-order chi connectivity index (χ0) is 31.6. The number of carbonyl (C=O) groups excluding carboxylic acids is 3. The smallest absolute Gasteiger partial charge is 0.394 e. The van der Waals surface area contributed by atoms with Crippen LogP contribution < -0.4 is 11.1 Å². The molecule has 5 N–H and O–H groups in total. The molecule has 42 heavy (non-hydrogen) atoms. The maximum absolute atomic E-state index is 11.0. The predicted octanol–water partition coefficient (Wildman–Crippen LogP) is 4.72. The van der Waals surface area contributed by atoms with Crippen LogP contribution >= 0.6 is 10.7 Å². The molecule has 0 aromatic carbocycles. The third-order valence-electron chi connectivity index (χ3n) is 6.99. The molecular formula is C26H48ClN3O10S2. The topological polar surface area (TPSA) is 220 Å². The Morgan fingerprint density at radius 1 is 1.00 bits per heavy atom. The molecule has 3 aliphatic carbocycles. The zero-order valence-corrected chi connectivity index (χ0v) is 26.0. The zero-order valence-electron chi connectivity index (χ0n) is 23.6. The Morgan fingerprint density at radius 2 is 1.40 bits per heavy atom. The fourth-order valence-corrected chi connectivity index (χ4v) is 5.18. The van der Waals surface area contributed by atoms with Crippen LogP contribution in [0.5, 0.6) is 0 Å². The lowest BCUT2D eigenvalue weighted by molar-refractivity contribution is -0.142. The van der Waals surface area contributed by atoms with Crippen molar-refractivity contribution in [2.75, 3.05) is 7.11 Å². The average molecular weight is 662 g/mol. The molecule has 4 fully saturated rings. The molecule has 0 unspecified atom stereocenters. The fraction of sp³-hybridized carbons (Fsp3) is 0.808. The second-order valence-corrected chi connectivity index (χ2v) is 13.7. The van der Waals surface area contributed by atoms with Crippen LogP contribution in [0.15, 0.2) is 16.5 Å². The number of nitrogens with zero attached hydrogens (tertiary/aromatic N) is 1. The molecule has 0 radical (unpaired) electrons. The van der Waals surface area contributed by atoms with E-state index in [4.69, 9.17) is 28.1 Å². The van der Waals surface area contributed by atoms with Gasteiger partial charge in [0.25, 0.3) is 6.08 Å². The predicted molar refractivity (Wildman–Crippen MR) is 161 cm³/mol. The summed E-state index contributed by atoms with van der Waals surface area (Å²) in [6.07, 6.45) is 20.6.